The second kappa shape index (κ2) is 13.7. The molecule has 0 aromatic heterocycles. The first-order valence-corrected chi connectivity index (χ1v) is 12.4. The third kappa shape index (κ3) is 9.11. The van der Waals surface area contributed by atoms with Crippen LogP contribution >= 0.6 is 0 Å². The average molecular weight is 556 g/mol. The van der Waals surface area contributed by atoms with E-state index < -0.39 is 41.2 Å². The average Bonchev–Trinajstić information content (AvgIpc) is 2.91. The maximum absolute atomic E-state index is 12.5. The number of rotatable bonds is 9. The second-order valence-electron chi connectivity index (χ2n) is 9.30. The quantitative estimate of drug-likeness (QED) is 0.130. The number of non-ortho nitro benzene ring substituents is 1. The van der Waals surface area contributed by atoms with Gasteiger partial charge in [-0.3, -0.25) is 25.0 Å². The van der Waals surface area contributed by atoms with E-state index in [1.165, 1.54) is 24.3 Å². The number of carbonyl (C=O) groups excluding carboxylic acids is 3. The van der Waals surface area contributed by atoms with Gasteiger partial charge in [0.05, 0.1) is 4.92 Å². The summed E-state index contributed by atoms with van der Waals surface area (Å²) in [6.45, 7) is 1.20. The van der Waals surface area contributed by atoms with Crippen LogP contribution in [0.5, 0.6) is 5.75 Å². The molecule has 0 bridgehead atoms. The number of nitrogens with one attached hydrogen (secondary N) is 2. The molecule has 0 spiro atoms. The Morgan fingerprint density at radius 1 is 1.07 bits per heavy atom. The van der Waals surface area contributed by atoms with E-state index in [9.17, 15) is 29.3 Å². The Bertz CT molecular complexity index is 1260. The van der Waals surface area contributed by atoms with Gasteiger partial charge in [-0.05, 0) is 61.6 Å². The van der Waals surface area contributed by atoms with Gasteiger partial charge >= 0.3 is 18.2 Å². The number of amides is 2. The van der Waals surface area contributed by atoms with E-state index >= 15 is 0 Å². The van der Waals surface area contributed by atoms with E-state index in [0.717, 1.165) is 0 Å². The lowest BCUT2D eigenvalue weighted by atomic mass is 9.78. The number of allylic oxidation sites excluding steroid dienone is 1. The molecule has 13 nitrogen and oxygen atoms in total. The maximum atomic E-state index is 12.5. The fourth-order valence-electron chi connectivity index (χ4n) is 3.90. The van der Waals surface area contributed by atoms with Crippen LogP contribution in [0, 0.1) is 15.5 Å². The Hall–Kier alpha value is -4.94. The Kier molecular flexibility index (Phi) is 10.2. The third-order valence-corrected chi connectivity index (χ3v) is 6.21. The van der Waals surface area contributed by atoms with Crippen molar-refractivity contribution in [3.05, 3.63) is 76.4 Å². The molecule has 0 saturated heterocycles. The van der Waals surface area contributed by atoms with Gasteiger partial charge in [0.15, 0.2) is 0 Å². The van der Waals surface area contributed by atoms with Crippen LogP contribution < -0.4 is 15.4 Å². The summed E-state index contributed by atoms with van der Waals surface area (Å²) in [6, 6.07) is 11.4. The van der Waals surface area contributed by atoms with Crippen LogP contribution in [0.15, 0.2) is 60.7 Å². The van der Waals surface area contributed by atoms with E-state index in [-0.39, 0.29) is 24.0 Å². The Morgan fingerprint density at radius 3 is 2.42 bits per heavy atom. The van der Waals surface area contributed by atoms with Gasteiger partial charge in [-0.25, -0.2) is 9.59 Å². The topological polar surface area (TPSA) is 183 Å². The fraction of sp³-hybridized carbons (Fsp3) is 0.333. The summed E-state index contributed by atoms with van der Waals surface area (Å²) in [5, 5.41) is 24.5. The minimum absolute atomic E-state index is 0.0962. The summed E-state index contributed by atoms with van der Waals surface area (Å²) in [7, 11) is 0. The van der Waals surface area contributed by atoms with Crippen molar-refractivity contribution in [2.45, 2.75) is 45.3 Å². The second-order valence-corrected chi connectivity index (χ2v) is 9.30. The van der Waals surface area contributed by atoms with Crippen molar-refractivity contribution < 1.29 is 43.4 Å². The Balaban J connectivity index is 1.44. The minimum Gasteiger partial charge on any atom is -0.480 e. The lowest BCUT2D eigenvalue weighted by Gasteiger charge is -2.30. The number of carboxylic acid groups (broad SMARTS) is 1. The molecule has 2 aromatic rings. The molecule has 0 saturated carbocycles. The van der Waals surface area contributed by atoms with E-state index in [2.05, 4.69) is 10.6 Å². The summed E-state index contributed by atoms with van der Waals surface area (Å²) < 4.78 is 15.5. The molecule has 0 aliphatic heterocycles. The van der Waals surface area contributed by atoms with Gasteiger partial charge in [0.1, 0.15) is 25.0 Å². The zero-order chi connectivity index (χ0) is 29.1. The molecule has 40 heavy (non-hydrogen) atoms. The zero-order valence-electron chi connectivity index (χ0n) is 21.7. The summed E-state index contributed by atoms with van der Waals surface area (Å²) in [6.07, 6.45) is 3.26. The number of hydrogen-bond donors (Lipinski definition) is 3. The number of nitro groups is 1. The predicted octanol–water partition coefficient (Wildman–Crippen LogP) is 4.56. The SMILES string of the molecule is C[C@@]1(C(=O)NCC(=O)O)CC/C=C/[C@H](OC(=O)Nc2ccc(COC(=O)Oc3ccc([N+](=O)[O-])cc3)cc2)CC1. The molecule has 2 amide bonds. The van der Waals surface area contributed by atoms with E-state index in [1.54, 1.807) is 37.3 Å². The molecule has 3 rings (SSSR count). The monoisotopic (exact) mass is 555 g/mol. The number of carboxylic acids is 1. The highest BCUT2D eigenvalue weighted by Crippen LogP contribution is 2.33. The van der Waals surface area contributed by atoms with Crippen molar-refractivity contribution >= 4 is 35.5 Å². The largest absolute Gasteiger partial charge is 0.514 e. The molecule has 2 atom stereocenters. The normalized spacial score (nSPS) is 19.2. The number of anilines is 1. The lowest BCUT2D eigenvalue weighted by molar-refractivity contribution is -0.384. The molecular formula is C27H29N3O10. The van der Waals surface area contributed by atoms with Crippen molar-refractivity contribution in [1.82, 2.24) is 5.32 Å². The fourth-order valence-corrected chi connectivity index (χ4v) is 3.90. The third-order valence-electron chi connectivity index (χ3n) is 6.21. The summed E-state index contributed by atoms with van der Waals surface area (Å²) in [5.41, 5.74) is 0.129. The smallest absolute Gasteiger partial charge is 0.480 e. The van der Waals surface area contributed by atoms with Crippen molar-refractivity contribution in [3.63, 3.8) is 0 Å². The van der Waals surface area contributed by atoms with Gasteiger partial charge in [-0.2, -0.15) is 0 Å². The molecule has 0 heterocycles. The van der Waals surface area contributed by atoms with Crippen LogP contribution in [0.4, 0.5) is 21.0 Å². The summed E-state index contributed by atoms with van der Waals surface area (Å²) in [5.74, 6) is -1.38. The molecule has 0 unspecified atom stereocenters. The van der Waals surface area contributed by atoms with Crippen LogP contribution in [-0.2, 0) is 25.7 Å². The summed E-state index contributed by atoms with van der Waals surface area (Å²) >= 11 is 0. The van der Waals surface area contributed by atoms with Gasteiger partial charge in [0, 0.05) is 23.2 Å². The number of hydrogen-bond acceptors (Lipinski definition) is 9. The zero-order valence-corrected chi connectivity index (χ0v) is 21.7. The Morgan fingerprint density at radius 2 is 1.77 bits per heavy atom. The highest BCUT2D eigenvalue weighted by Gasteiger charge is 2.34. The van der Waals surface area contributed by atoms with Gasteiger partial charge < -0.3 is 24.6 Å². The van der Waals surface area contributed by atoms with Gasteiger partial charge in [0.25, 0.3) is 5.69 Å². The van der Waals surface area contributed by atoms with E-state index in [0.29, 0.717) is 36.9 Å². The van der Waals surface area contributed by atoms with Crippen molar-refractivity contribution in [2.75, 3.05) is 11.9 Å². The maximum Gasteiger partial charge on any atom is 0.514 e. The first-order chi connectivity index (χ1) is 19.0. The molecule has 1 aliphatic carbocycles. The van der Waals surface area contributed by atoms with Crippen molar-refractivity contribution in [2.24, 2.45) is 5.41 Å². The first kappa shape index (κ1) is 29.6. The lowest BCUT2D eigenvalue weighted by Crippen LogP contribution is -2.42. The first-order valence-electron chi connectivity index (χ1n) is 12.4. The van der Waals surface area contributed by atoms with Crippen LogP contribution in [0.2, 0.25) is 0 Å². The summed E-state index contributed by atoms with van der Waals surface area (Å²) in [4.78, 5) is 57.7. The predicted molar refractivity (Wildman–Crippen MR) is 141 cm³/mol. The van der Waals surface area contributed by atoms with Crippen molar-refractivity contribution in [3.8, 4) is 5.75 Å². The number of aliphatic carboxylic acids is 1. The molecular weight excluding hydrogens is 526 g/mol. The van der Waals surface area contributed by atoms with Crippen molar-refractivity contribution in [1.29, 1.82) is 0 Å². The molecule has 212 valence electrons. The van der Waals surface area contributed by atoms with Crippen LogP contribution in [0.25, 0.3) is 0 Å². The highest BCUT2D eigenvalue weighted by molar-refractivity contribution is 5.86. The van der Waals surface area contributed by atoms with Gasteiger partial charge in [-0.15, -0.1) is 0 Å². The van der Waals surface area contributed by atoms with Gasteiger partial charge in [-0.1, -0.05) is 25.1 Å². The van der Waals surface area contributed by atoms with Crippen LogP contribution in [0.3, 0.4) is 0 Å². The molecule has 0 fully saturated rings. The number of nitrogens with zero attached hydrogens (tertiary/aromatic N) is 1. The number of ether oxygens (including phenoxy) is 3. The minimum atomic E-state index is -1.12. The Labute approximate surface area is 229 Å². The number of carbonyl (C=O) groups is 4. The number of benzene rings is 2. The molecule has 0 radical (unpaired) electrons. The van der Waals surface area contributed by atoms with Crippen LogP contribution in [-0.4, -0.2) is 46.8 Å². The van der Waals surface area contributed by atoms with Gasteiger partial charge in [0.2, 0.25) is 5.91 Å². The molecule has 13 heteroatoms. The van der Waals surface area contributed by atoms with Crippen LogP contribution in [0.1, 0.15) is 38.2 Å². The molecule has 3 N–H and O–H groups in total. The number of nitro benzene ring substituents is 1. The molecule has 2 aromatic carbocycles. The highest BCUT2D eigenvalue weighted by atomic mass is 16.7. The van der Waals surface area contributed by atoms with E-state index in [4.69, 9.17) is 19.3 Å². The van der Waals surface area contributed by atoms with E-state index in [1.807, 2.05) is 6.08 Å². The standard InChI is InChI=1S/C27H29N3O10/c1-27(24(33)28-16-23(31)32)14-3-2-4-21(13-15-27)39-25(34)29-19-7-5-18(6-8-19)17-38-26(35)40-22-11-9-20(10-12-22)30(36)37/h2,4-12,21H,3,13-17H2,1H3,(H,28,33)(H,29,34)(H,31,32)/b4-2+/t21-,27+/m0/s1. The molecule has 1 aliphatic rings.